The molecule has 2 heterocycles. The summed E-state index contributed by atoms with van der Waals surface area (Å²) < 4.78 is 18.5. The second kappa shape index (κ2) is 7.93. The number of methoxy groups -OCH3 is 1. The van der Waals surface area contributed by atoms with Crippen molar-refractivity contribution in [1.29, 1.82) is 0 Å². The molecule has 29 heavy (non-hydrogen) atoms. The van der Waals surface area contributed by atoms with E-state index in [9.17, 15) is 9.18 Å². The number of benzene rings is 2. The van der Waals surface area contributed by atoms with E-state index in [1.165, 1.54) is 18.2 Å². The molecule has 146 valence electrons. The fourth-order valence-corrected chi connectivity index (χ4v) is 3.28. The van der Waals surface area contributed by atoms with Gasteiger partial charge in [0.15, 0.2) is 0 Å². The van der Waals surface area contributed by atoms with Gasteiger partial charge in [0, 0.05) is 29.0 Å². The Morgan fingerprint density at radius 2 is 1.97 bits per heavy atom. The molecule has 0 aliphatic carbocycles. The van der Waals surface area contributed by atoms with Gasteiger partial charge < -0.3 is 15.0 Å². The van der Waals surface area contributed by atoms with Gasteiger partial charge in [0.05, 0.1) is 18.6 Å². The Morgan fingerprint density at radius 1 is 1.17 bits per heavy atom. The van der Waals surface area contributed by atoms with Crippen LogP contribution in [0.1, 0.15) is 5.56 Å². The predicted molar refractivity (Wildman–Crippen MR) is 112 cm³/mol. The van der Waals surface area contributed by atoms with Crippen molar-refractivity contribution >= 4 is 34.2 Å². The second-order valence-electron chi connectivity index (χ2n) is 6.52. The maximum Gasteiger partial charge on any atom is 0.228 e. The number of carbonyl (C=O) groups excluding carboxylic acids is 1. The maximum absolute atomic E-state index is 13.3. The summed E-state index contributed by atoms with van der Waals surface area (Å²) in [5, 5.41) is 3.56. The lowest BCUT2D eigenvalue weighted by atomic mass is 10.0. The Kier molecular flexibility index (Phi) is 5.18. The molecule has 2 aromatic carbocycles. The topological polar surface area (TPSA) is 67.0 Å². The average molecular weight is 410 g/mol. The zero-order valence-corrected chi connectivity index (χ0v) is 16.3. The van der Waals surface area contributed by atoms with E-state index in [2.05, 4.69) is 15.3 Å². The quantitative estimate of drug-likeness (QED) is 0.475. The van der Waals surface area contributed by atoms with Crippen LogP contribution in [0.2, 0.25) is 5.02 Å². The lowest BCUT2D eigenvalue weighted by Gasteiger charge is -2.07. The van der Waals surface area contributed by atoms with Gasteiger partial charge in [-0.15, -0.1) is 0 Å². The van der Waals surface area contributed by atoms with Gasteiger partial charge in [-0.1, -0.05) is 23.7 Å². The first kappa shape index (κ1) is 19.0. The highest BCUT2D eigenvalue weighted by atomic mass is 35.5. The molecule has 2 aromatic heterocycles. The number of pyridine rings is 1. The van der Waals surface area contributed by atoms with E-state index in [4.69, 9.17) is 16.3 Å². The molecule has 0 unspecified atom stereocenters. The molecule has 0 aliphatic heterocycles. The molecule has 5 nitrogen and oxygen atoms in total. The number of amides is 1. The fraction of sp³-hybridized carbons (Fsp3) is 0.0909. The number of hydrogen-bond acceptors (Lipinski definition) is 3. The minimum atomic E-state index is -0.529. The first-order valence-electron chi connectivity index (χ1n) is 8.89. The second-order valence-corrected chi connectivity index (χ2v) is 6.92. The largest absolute Gasteiger partial charge is 0.497 e. The average Bonchev–Trinajstić information content (AvgIpc) is 3.12. The normalized spacial score (nSPS) is 10.9. The summed E-state index contributed by atoms with van der Waals surface area (Å²) in [6.45, 7) is 0. The molecule has 0 saturated heterocycles. The Hall–Kier alpha value is -3.38. The third kappa shape index (κ3) is 4.07. The van der Waals surface area contributed by atoms with Crippen LogP contribution in [0.5, 0.6) is 5.75 Å². The van der Waals surface area contributed by atoms with Crippen molar-refractivity contribution in [2.24, 2.45) is 0 Å². The Morgan fingerprint density at radius 3 is 2.69 bits per heavy atom. The summed E-state index contributed by atoms with van der Waals surface area (Å²) >= 11 is 5.77. The molecule has 0 fully saturated rings. The van der Waals surface area contributed by atoms with Crippen molar-refractivity contribution in [3.63, 3.8) is 0 Å². The van der Waals surface area contributed by atoms with Crippen LogP contribution >= 0.6 is 11.6 Å². The molecule has 0 aliphatic rings. The summed E-state index contributed by atoms with van der Waals surface area (Å²) in [7, 11) is 1.62. The van der Waals surface area contributed by atoms with E-state index in [-0.39, 0.29) is 17.4 Å². The molecule has 0 radical (unpaired) electrons. The van der Waals surface area contributed by atoms with Gasteiger partial charge in [0.25, 0.3) is 0 Å². The number of H-pyrrole nitrogens is 1. The number of aromatic amines is 1. The van der Waals surface area contributed by atoms with E-state index in [0.717, 1.165) is 27.8 Å². The van der Waals surface area contributed by atoms with E-state index in [1.54, 1.807) is 19.5 Å². The first-order valence-corrected chi connectivity index (χ1v) is 9.26. The summed E-state index contributed by atoms with van der Waals surface area (Å²) in [5.41, 5.74) is 3.89. The molecular formula is C22H17ClFN3O2. The van der Waals surface area contributed by atoms with Crippen molar-refractivity contribution in [2.75, 3.05) is 12.4 Å². The highest BCUT2D eigenvalue weighted by Crippen LogP contribution is 2.27. The molecule has 7 heteroatoms. The summed E-state index contributed by atoms with van der Waals surface area (Å²) in [5.74, 6) is 0.0181. The Bertz CT molecular complexity index is 1190. The van der Waals surface area contributed by atoms with Crippen LogP contribution in [-0.2, 0) is 11.2 Å². The smallest absolute Gasteiger partial charge is 0.228 e. The zero-order valence-electron chi connectivity index (χ0n) is 15.5. The third-order valence-electron chi connectivity index (χ3n) is 4.59. The molecule has 0 atom stereocenters. The number of rotatable bonds is 5. The van der Waals surface area contributed by atoms with Crippen LogP contribution in [-0.4, -0.2) is 23.0 Å². The lowest BCUT2D eigenvalue weighted by Crippen LogP contribution is -2.14. The number of aromatic nitrogens is 2. The number of anilines is 1. The number of nitrogens with zero attached hydrogens (tertiary/aromatic N) is 1. The minimum absolute atomic E-state index is 0.0387. The van der Waals surface area contributed by atoms with Crippen molar-refractivity contribution in [3.8, 4) is 16.9 Å². The third-order valence-corrected chi connectivity index (χ3v) is 4.88. The summed E-state index contributed by atoms with van der Waals surface area (Å²) in [6, 6.07) is 13.8. The van der Waals surface area contributed by atoms with Gasteiger partial charge in [-0.2, -0.15) is 0 Å². The predicted octanol–water partition coefficient (Wildman–Crippen LogP) is 5.21. The van der Waals surface area contributed by atoms with E-state index >= 15 is 0 Å². The van der Waals surface area contributed by atoms with Gasteiger partial charge in [0.2, 0.25) is 5.91 Å². The highest BCUT2D eigenvalue weighted by Gasteiger charge is 2.12. The van der Waals surface area contributed by atoms with Crippen LogP contribution in [0.15, 0.2) is 60.9 Å². The van der Waals surface area contributed by atoms with Crippen LogP contribution in [0.25, 0.3) is 22.2 Å². The standard InChI is InChI=1S/C22H17ClFN3O2/c1-29-17-5-2-13(3-6-17)14-8-18-15(12-26-22(18)25-11-14)9-21(28)27-16-4-7-20(24)19(23)10-16/h2-8,10-12H,9H2,1H3,(H,25,26)(H,27,28). The fourth-order valence-electron chi connectivity index (χ4n) is 3.10. The van der Waals surface area contributed by atoms with Gasteiger partial charge in [-0.25, -0.2) is 9.37 Å². The summed E-state index contributed by atoms with van der Waals surface area (Å²) in [4.78, 5) is 20.0. The highest BCUT2D eigenvalue weighted by molar-refractivity contribution is 6.31. The van der Waals surface area contributed by atoms with Crippen LogP contribution < -0.4 is 10.1 Å². The number of carbonyl (C=O) groups is 1. The number of hydrogen-bond donors (Lipinski definition) is 2. The van der Waals surface area contributed by atoms with E-state index < -0.39 is 5.82 Å². The number of fused-ring (bicyclic) bond motifs is 1. The van der Waals surface area contributed by atoms with E-state index in [0.29, 0.717) is 11.3 Å². The number of nitrogens with one attached hydrogen (secondary N) is 2. The van der Waals surface area contributed by atoms with Crippen molar-refractivity contribution < 1.29 is 13.9 Å². The monoisotopic (exact) mass is 409 g/mol. The molecule has 2 N–H and O–H groups in total. The minimum Gasteiger partial charge on any atom is -0.497 e. The molecule has 4 aromatic rings. The van der Waals surface area contributed by atoms with Gasteiger partial charge in [0.1, 0.15) is 17.2 Å². The SMILES string of the molecule is COc1ccc(-c2cnc3[nH]cc(CC(=O)Nc4ccc(F)c(Cl)c4)c3c2)cc1. The number of ether oxygens (including phenoxy) is 1. The molecule has 0 spiro atoms. The lowest BCUT2D eigenvalue weighted by molar-refractivity contribution is -0.115. The molecule has 0 bridgehead atoms. The van der Waals surface area contributed by atoms with E-state index in [1.807, 2.05) is 30.3 Å². The van der Waals surface area contributed by atoms with Crippen LogP contribution in [0.3, 0.4) is 0 Å². The maximum atomic E-state index is 13.3. The molecular weight excluding hydrogens is 393 g/mol. The van der Waals surface area contributed by atoms with Crippen molar-refractivity contribution in [3.05, 3.63) is 77.3 Å². The van der Waals surface area contributed by atoms with Gasteiger partial charge >= 0.3 is 0 Å². The van der Waals surface area contributed by atoms with Crippen molar-refractivity contribution in [1.82, 2.24) is 9.97 Å². The Balaban J connectivity index is 1.56. The molecule has 4 rings (SSSR count). The summed E-state index contributed by atoms with van der Waals surface area (Å²) in [6.07, 6.45) is 3.69. The first-order chi connectivity index (χ1) is 14.0. The Labute approximate surface area is 171 Å². The molecule has 1 amide bonds. The van der Waals surface area contributed by atoms with Crippen LogP contribution in [0, 0.1) is 5.82 Å². The van der Waals surface area contributed by atoms with Crippen molar-refractivity contribution in [2.45, 2.75) is 6.42 Å². The number of halogens is 2. The molecule has 0 saturated carbocycles. The van der Waals surface area contributed by atoms with Gasteiger partial charge in [-0.3, -0.25) is 4.79 Å². The van der Waals surface area contributed by atoms with Gasteiger partial charge in [-0.05, 0) is 47.5 Å². The zero-order chi connectivity index (χ0) is 20.4. The van der Waals surface area contributed by atoms with Crippen LogP contribution in [0.4, 0.5) is 10.1 Å².